The van der Waals surface area contributed by atoms with Crippen molar-refractivity contribution in [2.45, 2.75) is 36.8 Å². The first-order valence-electron chi connectivity index (χ1n) is 5.41. The topological polar surface area (TPSA) is 75.7 Å². The molecule has 2 saturated carbocycles. The van der Waals surface area contributed by atoms with Gasteiger partial charge in [0.15, 0.2) is 0 Å². The van der Waals surface area contributed by atoms with Gasteiger partial charge in [0, 0.05) is 16.6 Å². The van der Waals surface area contributed by atoms with Crippen LogP contribution in [-0.2, 0) is 9.05 Å². The third kappa shape index (κ3) is 1.64. The fourth-order valence-corrected chi connectivity index (χ4v) is 3.68. The van der Waals surface area contributed by atoms with Gasteiger partial charge in [0.25, 0.3) is 14.2 Å². The highest BCUT2D eigenvalue weighted by Gasteiger charge is 2.42. The fourth-order valence-electron chi connectivity index (χ4n) is 3.11. The molecular formula is C9H12ClN3O2S. The van der Waals surface area contributed by atoms with Crippen molar-refractivity contribution in [2.75, 3.05) is 0 Å². The van der Waals surface area contributed by atoms with E-state index in [-0.39, 0.29) is 5.16 Å². The molecule has 1 aromatic heterocycles. The van der Waals surface area contributed by atoms with E-state index in [1.165, 1.54) is 19.3 Å². The number of halogens is 1. The summed E-state index contributed by atoms with van der Waals surface area (Å²) < 4.78 is 22.1. The molecule has 0 aliphatic heterocycles. The second kappa shape index (κ2) is 3.43. The summed E-state index contributed by atoms with van der Waals surface area (Å²) in [6.45, 7) is 0. The molecule has 1 aromatic rings. The Bertz CT molecular complexity index is 513. The molecule has 0 aromatic carbocycles. The van der Waals surface area contributed by atoms with Crippen molar-refractivity contribution in [1.29, 1.82) is 0 Å². The monoisotopic (exact) mass is 261 g/mol. The smallest absolute Gasteiger partial charge is 0.262 e. The summed E-state index contributed by atoms with van der Waals surface area (Å²) in [5.74, 6) is 2.46. The lowest BCUT2D eigenvalue weighted by atomic mass is 9.88. The molecule has 2 bridgehead atoms. The van der Waals surface area contributed by atoms with Crippen molar-refractivity contribution >= 4 is 19.7 Å². The van der Waals surface area contributed by atoms with E-state index in [0.29, 0.717) is 17.7 Å². The number of nitrogens with zero attached hydrogens (tertiary/aromatic N) is 2. The number of hydrogen-bond acceptors (Lipinski definition) is 4. The van der Waals surface area contributed by atoms with Crippen molar-refractivity contribution in [3.05, 3.63) is 5.82 Å². The first-order valence-corrected chi connectivity index (χ1v) is 7.72. The van der Waals surface area contributed by atoms with Crippen LogP contribution in [0.2, 0.25) is 0 Å². The van der Waals surface area contributed by atoms with Crippen LogP contribution in [0, 0.1) is 11.8 Å². The van der Waals surface area contributed by atoms with Gasteiger partial charge in [-0.1, -0.05) is 6.42 Å². The molecule has 2 fully saturated rings. The molecule has 1 N–H and O–H groups in total. The Hall–Kier alpha value is -0.620. The molecule has 16 heavy (non-hydrogen) atoms. The molecule has 1 heterocycles. The van der Waals surface area contributed by atoms with Crippen LogP contribution in [0.1, 0.15) is 37.4 Å². The molecule has 0 spiro atoms. The highest BCUT2D eigenvalue weighted by Crippen LogP contribution is 2.52. The van der Waals surface area contributed by atoms with Gasteiger partial charge >= 0.3 is 0 Å². The third-order valence-corrected chi connectivity index (χ3v) is 4.82. The van der Waals surface area contributed by atoms with Gasteiger partial charge < -0.3 is 0 Å². The van der Waals surface area contributed by atoms with Gasteiger partial charge in [0.1, 0.15) is 5.82 Å². The molecule has 0 radical (unpaired) electrons. The predicted molar refractivity (Wildman–Crippen MR) is 57.6 cm³/mol. The van der Waals surface area contributed by atoms with Crippen LogP contribution in [-0.4, -0.2) is 23.6 Å². The molecule has 3 atom stereocenters. The highest BCUT2D eigenvalue weighted by atomic mass is 35.7. The number of aromatic nitrogens is 3. The lowest BCUT2D eigenvalue weighted by Crippen LogP contribution is -2.10. The van der Waals surface area contributed by atoms with Gasteiger partial charge in [-0.3, -0.25) is 5.10 Å². The van der Waals surface area contributed by atoms with Gasteiger partial charge in [-0.05, 0) is 31.1 Å². The van der Waals surface area contributed by atoms with Crippen LogP contribution < -0.4 is 0 Å². The van der Waals surface area contributed by atoms with Crippen LogP contribution in [0.3, 0.4) is 0 Å². The zero-order valence-electron chi connectivity index (χ0n) is 8.56. The van der Waals surface area contributed by atoms with Crippen molar-refractivity contribution in [3.63, 3.8) is 0 Å². The first kappa shape index (κ1) is 10.5. The maximum Gasteiger partial charge on any atom is 0.298 e. The van der Waals surface area contributed by atoms with E-state index in [2.05, 4.69) is 15.2 Å². The van der Waals surface area contributed by atoms with Gasteiger partial charge in [0.05, 0.1) is 0 Å². The molecule has 0 saturated heterocycles. The second-order valence-electron chi connectivity index (χ2n) is 4.72. The minimum absolute atomic E-state index is 0.299. The summed E-state index contributed by atoms with van der Waals surface area (Å²) >= 11 is 0. The first-order chi connectivity index (χ1) is 7.54. The number of H-pyrrole nitrogens is 1. The van der Waals surface area contributed by atoms with E-state index in [0.717, 1.165) is 12.3 Å². The summed E-state index contributed by atoms with van der Waals surface area (Å²) in [5, 5.41) is 6.07. The van der Waals surface area contributed by atoms with Crippen LogP contribution in [0.5, 0.6) is 0 Å². The van der Waals surface area contributed by atoms with Crippen molar-refractivity contribution < 1.29 is 8.42 Å². The predicted octanol–water partition coefficient (Wildman–Crippen LogP) is 1.64. The fraction of sp³-hybridized carbons (Fsp3) is 0.778. The lowest BCUT2D eigenvalue weighted by Gasteiger charge is -2.18. The normalized spacial score (nSPS) is 33.4. The Balaban J connectivity index is 1.88. The van der Waals surface area contributed by atoms with E-state index in [1.54, 1.807) is 0 Å². The number of rotatable bonds is 2. The Kier molecular flexibility index (Phi) is 2.26. The molecule has 0 amide bonds. The van der Waals surface area contributed by atoms with Gasteiger partial charge in [0.2, 0.25) is 0 Å². The van der Waals surface area contributed by atoms with Crippen LogP contribution in [0.4, 0.5) is 0 Å². The van der Waals surface area contributed by atoms with E-state index >= 15 is 0 Å². The van der Waals surface area contributed by atoms with E-state index in [4.69, 9.17) is 10.7 Å². The van der Waals surface area contributed by atoms with Crippen LogP contribution >= 0.6 is 10.7 Å². The minimum atomic E-state index is -3.81. The molecule has 88 valence electrons. The quantitative estimate of drug-likeness (QED) is 0.821. The SMILES string of the molecule is O=S(=O)(Cl)c1n[nH]c(C2CC3CCC2C3)n1. The van der Waals surface area contributed by atoms with Gasteiger partial charge in [-0.15, -0.1) is 5.10 Å². The number of aromatic amines is 1. The molecule has 2 aliphatic carbocycles. The largest absolute Gasteiger partial charge is 0.298 e. The highest BCUT2D eigenvalue weighted by molar-refractivity contribution is 8.13. The number of fused-ring (bicyclic) bond motifs is 2. The van der Waals surface area contributed by atoms with Crippen molar-refractivity contribution in [1.82, 2.24) is 15.2 Å². The third-order valence-electron chi connectivity index (χ3n) is 3.79. The summed E-state index contributed by atoms with van der Waals surface area (Å²) in [6.07, 6.45) is 4.87. The molecule has 5 nitrogen and oxygen atoms in total. The van der Waals surface area contributed by atoms with Gasteiger partial charge in [-0.25, -0.2) is 13.4 Å². The Morgan fingerprint density at radius 1 is 1.31 bits per heavy atom. The Morgan fingerprint density at radius 3 is 2.62 bits per heavy atom. The van der Waals surface area contributed by atoms with Crippen molar-refractivity contribution in [2.24, 2.45) is 11.8 Å². The Labute approximate surface area is 98.0 Å². The number of hydrogen-bond donors (Lipinski definition) is 1. The van der Waals surface area contributed by atoms with Crippen molar-refractivity contribution in [3.8, 4) is 0 Å². The second-order valence-corrected chi connectivity index (χ2v) is 7.18. The molecule has 3 unspecified atom stereocenters. The minimum Gasteiger partial charge on any atom is -0.262 e. The van der Waals surface area contributed by atoms with E-state index in [9.17, 15) is 8.42 Å². The number of nitrogens with one attached hydrogen (secondary N) is 1. The average molecular weight is 262 g/mol. The maximum absolute atomic E-state index is 11.0. The molecular weight excluding hydrogens is 250 g/mol. The summed E-state index contributed by atoms with van der Waals surface area (Å²) in [5.41, 5.74) is 0. The zero-order chi connectivity index (χ0) is 11.3. The summed E-state index contributed by atoms with van der Waals surface area (Å²) in [4.78, 5) is 4.00. The Morgan fingerprint density at radius 2 is 2.12 bits per heavy atom. The summed E-state index contributed by atoms with van der Waals surface area (Å²) in [6, 6.07) is 0. The zero-order valence-corrected chi connectivity index (χ0v) is 10.1. The van der Waals surface area contributed by atoms with E-state index in [1.807, 2.05) is 0 Å². The van der Waals surface area contributed by atoms with Gasteiger partial charge in [-0.2, -0.15) is 0 Å². The lowest BCUT2D eigenvalue weighted by molar-refractivity contribution is 0.406. The summed E-state index contributed by atoms with van der Waals surface area (Å²) in [7, 11) is 1.38. The van der Waals surface area contributed by atoms with Crippen LogP contribution in [0.15, 0.2) is 5.16 Å². The molecule has 7 heteroatoms. The maximum atomic E-state index is 11.0. The standard InChI is InChI=1S/C9H12ClN3O2S/c10-16(14,15)9-11-8(12-13-9)7-4-5-1-2-6(7)3-5/h5-7H,1-4H2,(H,11,12,13). The molecule has 2 aliphatic rings. The molecule has 3 rings (SSSR count). The van der Waals surface area contributed by atoms with E-state index < -0.39 is 9.05 Å². The van der Waals surface area contributed by atoms with Crippen LogP contribution in [0.25, 0.3) is 0 Å². The average Bonchev–Trinajstić information content (AvgIpc) is 2.92.